The maximum Gasteiger partial charge on any atom is 0.342 e. The first-order valence-corrected chi connectivity index (χ1v) is 7.43. The number of esters is 1. The molecule has 0 fully saturated rings. The van der Waals surface area contributed by atoms with Gasteiger partial charge in [0, 0.05) is 11.8 Å². The lowest BCUT2D eigenvalue weighted by molar-refractivity contribution is -0.119. The average Bonchev–Trinajstić information content (AvgIpc) is 2.48. The summed E-state index contributed by atoms with van der Waals surface area (Å²) in [5.41, 5.74) is 2.88. The number of rotatable bonds is 4. The van der Waals surface area contributed by atoms with Gasteiger partial charge in [0.05, 0.1) is 0 Å². The van der Waals surface area contributed by atoms with E-state index in [2.05, 4.69) is 5.32 Å². The molecule has 6 heteroatoms. The van der Waals surface area contributed by atoms with Crippen LogP contribution in [0.25, 0.3) is 0 Å². The minimum atomic E-state index is -0.705. The molecule has 6 nitrogen and oxygen atoms in total. The van der Waals surface area contributed by atoms with E-state index in [9.17, 15) is 14.4 Å². The monoisotopic (exact) mass is 329 g/mol. The zero-order valence-electron chi connectivity index (χ0n) is 14.1. The summed E-state index contributed by atoms with van der Waals surface area (Å²) >= 11 is 0. The van der Waals surface area contributed by atoms with Crippen molar-refractivity contribution in [2.75, 3.05) is 11.9 Å². The maximum absolute atomic E-state index is 12.1. The summed E-state index contributed by atoms with van der Waals surface area (Å²) in [5, 5.41) is 2.67. The molecule has 0 saturated heterocycles. The number of nitrogens with one attached hydrogen (secondary N) is 1. The van der Waals surface area contributed by atoms with Crippen molar-refractivity contribution in [1.82, 2.24) is 0 Å². The van der Waals surface area contributed by atoms with Crippen molar-refractivity contribution in [2.24, 2.45) is 0 Å². The molecule has 0 atom stereocenters. The molecule has 0 aliphatic heterocycles. The summed E-state index contributed by atoms with van der Waals surface area (Å²) in [7, 11) is 0. The molecular formula is C18H19NO5. The molecule has 2 rings (SSSR count). The van der Waals surface area contributed by atoms with Crippen molar-refractivity contribution in [3.05, 3.63) is 62.7 Å². The van der Waals surface area contributed by atoms with Crippen LogP contribution in [0, 0.1) is 27.7 Å². The van der Waals surface area contributed by atoms with Crippen molar-refractivity contribution in [1.29, 1.82) is 0 Å². The first-order valence-electron chi connectivity index (χ1n) is 7.43. The summed E-state index contributed by atoms with van der Waals surface area (Å²) in [4.78, 5) is 35.2. The van der Waals surface area contributed by atoms with Crippen molar-refractivity contribution >= 4 is 17.6 Å². The van der Waals surface area contributed by atoms with Gasteiger partial charge >= 0.3 is 11.6 Å². The highest BCUT2D eigenvalue weighted by Crippen LogP contribution is 2.15. The highest BCUT2D eigenvalue weighted by Gasteiger charge is 2.18. The van der Waals surface area contributed by atoms with Crippen LogP contribution in [0.1, 0.15) is 32.8 Å². The molecule has 1 N–H and O–H groups in total. The van der Waals surface area contributed by atoms with Gasteiger partial charge in [-0.05, 0) is 56.5 Å². The number of aryl methyl sites for hydroxylation is 4. The van der Waals surface area contributed by atoms with Crippen LogP contribution < -0.4 is 10.9 Å². The molecule has 0 saturated carbocycles. The molecule has 0 unspecified atom stereocenters. The van der Waals surface area contributed by atoms with Gasteiger partial charge in [0.15, 0.2) is 6.61 Å². The minimum absolute atomic E-state index is 0.161. The summed E-state index contributed by atoms with van der Waals surface area (Å²) in [6, 6.07) is 6.73. The Morgan fingerprint density at radius 2 is 1.75 bits per heavy atom. The van der Waals surface area contributed by atoms with Crippen LogP contribution in [0.4, 0.5) is 5.69 Å². The second-order valence-corrected chi connectivity index (χ2v) is 5.60. The number of benzene rings is 1. The van der Waals surface area contributed by atoms with E-state index in [1.807, 2.05) is 26.0 Å². The SMILES string of the molecule is Cc1ccc(NC(=O)COC(=O)c2c(C)cc(=O)oc2C)cc1C. The third kappa shape index (κ3) is 4.10. The predicted molar refractivity (Wildman–Crippen MR) is 89.3 cm³/mol. The topological polar surface area (TPSA) is 85.6 Å². The van der Waals surface area contributed by atoms with Crippen LogP contribution in [0.3, 0.4) is 0 Å². The van der Waals surface area contributed by atoms with E-state index in [-0.39, 0.29) is 11.3 Å². The lowest BCUT2D eigenvalue weighted by Crippen LogP contribution is -2.22. The Kier molecular flexibility index (Phi) is 5.18. The fourth-order valence-corrected chi connectivity index (χ4v) is 2.28. The first-order chi connectivity index (χ1) is 11.3. The second kappa shape index (κ2) is 7.12. The fraction of sp³-hybridized carbons (Fsp3) is 0.278. The van der Waals surface area contributed by atoms with Gasteiger partial charge in [0.1, 0.15) is 11.3 Å². The maximum atomic E-state index is 12.1. The number of carbonyl (C=O) groups is 2. The fourth-order valence-electron chi connectivity index (χ4n) is 2.28. The van der Waals surface area contributed by atoms with Crippen LogP contribution in [0.5, 0.6) is 0 Å². The minimum Gasteiger partial charge on any atom is -0.452 e. The van der Waals surface area contributed by atoms with E-state index in [0.717, 1.165) is 11.1 Å². The van der Waals surface area contributed by atoms with Crippen LogP contribution in [-0.4, -0.2) is 18.5 Å². The number of amides is 1. The largest absolute Gasteiger partial charge is 0.452 e. The van der Waals surface area contributed by atoms with Crippen molar-refractivity contribution in [2.45, 2.75) is 27.7 Å². The van der Waals surface area contributed by atoms with Gasteiger partial charge in [-0.1, -0.05) is 6.07 Å². The molecule has 1 aromatic carbocycles. The molecule has 126 valence electrons. The third-order valence-corrected chi connectivity index (χ3v) is 3.66. The smallest absolute Gasteiger partial charge is 0.342 e. The highest BCUT2D eigenvalue weighted by atomic mass is 16.5. The molecule has 0 spiro atoms. The Hall–Kier alpha value is -2.89. The highest BCUT2D eigenvalue weighted by molar-refractivity contribution is 5.96. The van der Waals surface area contributed by atoms with Crippen LogP contribution >= 0.6 is 0 Å². The summed E-state index contributed by atoms with van der Waals surface area (Å²) in [6.07, 6.45) is 0. The van der Waals surface area contributed by atoms with Gasteiger partial charge in [-0.15, -0.1) is 0 Å². The van der Waals surface area contributed by atoms with Gasteiger partial charge in [-0.2, -0.15) is 0 Å². The molecule has 0 aliphatic rings. The van der Waals surface area contributed by atoms with E-state index in [1.54, 1.807) is 13.0 Å². The Morgan fingerprint density at radius 3 is 2.38 bits per heavy atom. The summed E-state index contributed by atoms with van der Waals surface area (Å²) < 4.78 is 9.88. The molecule has 24 heavy (non-hydrogen) atoms. The predicted octanol–water partition coefficient (Wildman–Crippen LogP) is 2.67. The van der Waals surface area contributed by atoms with E-state index in [0.29, 0.717) is 11.3 Å². The van der Waals surface area contributed by atoms with E-state index >= 15 is 0 Å². The number of hydrogen-bond acceptors (Lipinski definition) is 5. The summed E-state index contributed by atoms with van der Waals surface area (Å²) in [5.74, 6) is -0.983. The second-order valence-electron chi connectivity index (χ2n) is 5.60. The van der Waals surface area contributed by atoms with Crippen molar-refractivity contribution in [3.63, 3.8) is 0 Å². The molecule has 1 amide bonds. The van der Waals surface area contributed by atoms with E-state index in [1.165, 1.54) is 13.0 Å². The molecular weight excluding hydrogens is 310 g/mol. The van der Waals surface area contributed by atoms with Gasteiger partial charge < -0.3 is 14.5 Å². The van der Waals surface area contributed by atoms with Crippen molar-refractivity contribution in [3.8, 4) is 0 Å². The Bertz CT molecular complexity index is 825. The zero-order valence-corrected chi connectivity index (χ0v) is 14.1. The zero-order chi connectivity index (χ0) is 17.9. The summed E-state index contributed by atoms with van der Waals surface area (Å²) in [6.45, 7) is 6.60. The standard InChI is InChI=1S/C18H19NO5/c1-10-5-6-14(7-11(10)2)19-15(20)9-23-18(22)17-12(3)8-16(21)24-13(17)4/h5-8H,9H2,1-4H3,(H,19,20). The van der Waals surface area contributed by atoms with Crippen LogP contribution in [0.15, 0.2) is 33.5 Å². The lowest BCUT2D eigenvalue weighted by Gasteiger charge is -2.10. The Morgan fingerprint density at radius 1 is 1.04 bits per heavy atom. The number of hydrogen-bond donors (Lipinski definition) is 1. The molecule has 1 heterocycles. The molecule has 0 bridgehead atoms. The molecule has 1 aromatic heterocycles. The molecule has 0 radical (unpaired) electrons. The third-order valence-electron chi connectivity index (χ3n) is 3.66. The van der Waals surface area contributed by atoms with Gasteiger partial charge in [0.25, 0.3) is 5.91 Å². The lowest BCUT2D eigenvalue weighted by atomic mass is 10.1. The normalized spacial score (nSPS) is 10.3. The molecule has 0 aliphatic carbocycles. The average molecular weight is 329 g/mol. The first kappa shape index (κ1) is 17.5. The van der Waals surface area contributed by atoms with E-state index < -0.39 is 24.1 Å². The number of anilines is 1. The van der Waals surface area contributed by atoms with E-state index in [4.69, 9.17) is 9.15 Å². The van der Waals surface area contributed by atoms with Gasteiger partial charge in [-0.3, -0.25) is 4.79 Å². The van der Waals surface area contributed by atoms with Gasteiger partial charge in [0.2, 0.25) is 0 Å². The quantitative estimate of drug-likeness (QED) is 0.872. The number of ether oxygens (including phenoxy) is 1. The Balaban J connectivity index is 2.00. The van der Waals surface area contributed by atoms with Crippen LogP contribution in [0.2, 0.25) is 0 Å². The number of carbonyl (C=O) groups excluding carboxylic acids is 2. The molecule has 2 aromatic rings. The van der Waals surface area contributed by atoms with Crippen LogP contribution in [-0.2, 0) is 9.53 Å². The van der Waals surface area contributed by atoms with Crippen molar-refractivity contribution < 1.29 is 18.7 Å². The Labute approximate surface area is 139 Å². The van der Waals surface area contributed by atoms with Gasteiger partial charge in [-0.25, -0.2) is 9.59 Å².